The van der Waals surface area contributed by atoms with Gasteiger partial charge in [-0.2, -0.15) is 0 Å². The summed E-state index contributed by atoms with van der Waals surface area (Å²) in [7, 11) is 5.71. The average molecular weight is 439 g/mol. The second-order valence-electron chi connectivity index (χ2n) is 8.19. The monoisotopic (exact) mass is 438 g/mol. The van der Waals surface area contributed by atoms with E-state index in [9.17, 15) is 4.79 Å². The Hall–Kier alpha value is -2.48. The number of carbonyl (C=O) groups excluding carboxylic acids is 1. The van der Waals surface area contributed by atoms with Gasteiger partial charge in [-0.25, -0.2) is 4.98 Å². The second kappa shape index (κ2) is 9.77. The Labute approximate surface area is 187 Å². The molecule has 3 heterocycles. The Morgan fingerprint density at radius 1 is 1.29 bits per heavy atom. The third kappa shape index (κ3) is 4.74. The summed E-state index contributed by atoms with van der Waals surface area (Å²) in [6.45, 7) is 3.87. The van der Waals surface area contributed by atoms with Crippen LogP contribution >= 0.6 is 11.3 Å². The fourth-order valence-electron chi connectivity index (χ4n) is 4.40. The molecule has 164 valence electrons. The number of hydrogen-bond donors (Lipinski definition) is 1. The Kier molecular flexibility index (Phi) is 6.85. The lowest BCUT2D eigenvalue weighted by Crippen LogP contribution is -2.27. The summed E-state index contributed by atoms with van der Waals surface area (Å²) in [5, 5.41) is 4.23. The van der Waals surface area contributed by atoms with Gasteiger partial charge in [-0.1, -0.05) is 24.3 Å². The van der Waals surface area contributed by atoms with E-state index in [2.05, 4.69) is 44.4 Å². The highest BCUT2D eigenvalue weighted by Gasteiger charge is 2.31. The van der Waals surface area contributed by atoms with Crippen molar-refractivity contribution in [2.75, 3.05) is 52.3 Å². The van der Waals surface area contributed by atoms with Crippen LogP contribution in [0.3, 0.4) is 0 Å². The molecule has 1 aliphatic rings. The molecule has 31 heavy (non-hydrogen) atoms. The molecule has 2 aromatic heterocycles. The third-order valence-electron chi connectivity index (χ3n) is 5.80. The molecule has 0 saturated carbocycles. The van der Waals surface area contributed by atoms with Gasteiger partial charge in [-0.3, -0.25) is 9.69 Å². The first-order valence-electron chi connectivity index (χ1n) is 10.7. The van der Waals surface area contributed by atoms with Crippen LogP contribution in [0.25, 0.3) is 10.1 Å². The smallest absolute Gasteiger partial charge is 0.261 e. The molecule has 1 aromatic carbocycles. The molecule has 6 nitrogen and oxygen atoms in total. The highest BCUT2D eigenvalue weighted by atomic mass is 32.1. The van der Waals surface area contributed by atoms with Crippen LogP contribution in [-0.2, 0) is 11.3 Å². The maximum Gasteiger partial charge on any atom is 0.261 e. The number of benzene rings is 1. The Morgan fingerprint density at radius 3 is 2.94 bits per heavy atom. The zero-order chi connectivity index (χ0) is 21.8. The van der Waals surface area contributed by atoms with Crippen molar-refractivity contribution in [2.24, 2.45) is 0 Å². The minimum atomic E-state index is 0.00820. The fraction of sp³-hybridized carbons (Fsp3) is 0.417. The minimum absolute atomic E-state index is 0.00820. The SMILES string of the molecule is COCCNC(=O)c1sc2ccccc2c1[C@@H]1CCN(Cc2cccnc2N(C)C)C1. The van der Waals surface area contributed by atoms with Gasteiger partial charge in [0.1, 0.15) is 5.82 Å². The number of amides is 1. The molecule has 1 amide bonds. The van der Waals surface area contributed by atoms with E-state index in [1.807, 2.05) is 32.4 Å². The molecule has 0 aliphatic carbocycles. The number of nitrogens with zero attached hydrogens (tertiary/aromatic N) is 3. The van der Waals surface area contributed by atoms with E-state index in [1.165, 1.54) is 21.2 Å². The summed E-state index contributed by atoms with van der Waals surface area (Å²) in [5.41, 5.74) is 2.44. The maximum atomic E-state index is 13.0. The molecule has 1 N–H and O–H groups in total. The van der Waals surface area contributed by atoms with Crippen molar-refractivity contribution in [1.29, 1.82) is 0 Å². The second-order valence-corrected chi connectivity index (χ2v) is 9.24. The largest absolute Gasteiger partial charge is 0.383 e. The number of aromatic nitrogens is 1. The molecule has 0 radical (unpaired) electrons. The summed E-state index contributed by atoms with van der Waals surface area (Å²) < 4.78 is 6.26. The van der Waals surface area contributed by atoms with Gasteiger partial charge in [-0.15, -0.1) is 11.3 Å². The summed E-state index contributed by atoms with van der Waals surface area (Å²) in [6, 6.07) is 12.5. The number of fused-ring (bicyclic) bond motifs is 1. The molecular weight excluding hydrogens is 408 g/mol. The van der Waals surface area contributed by atoms with Crippen LogP contribution in [0.1, 0.15) is 33.1 Å². The van der Waals surface area contributed by atoms with Crippen LogP contribution in [-0.4, -0.2) is 63.2 Å². The summed E-state index contributed by atoms with van der Waals surface area (Å²) in [6.07, 6.45) is 2.90. The highest BCUT2D eigenvalue weighted by Crippen LogP contribution is 2.40. The first-order valence-corrected chi connectivity index (χ1v) is 11.5. The number of hydrogen-bond acceptors (Lipinski definition) is 6. The number of anilines is 1. The summed E-state index contributed by atoms with van der Waals surface area (Å²) in [4.78, 5) is 22.9. The Bertz CT molecular complexity index is 1050. The van der Waals surface area contributed by atoms with E-state index < -0.39 is 0 Å². The van der Waals surface area contributed by atoms with Crippen molar-refractivity contribution >= 4 is 33.1 Å². The van der Waals surface area contributed by atoms with Crippen molar-refractivity contribution in [3.63, 3.8) is 0 Å². The Morgan fingerprint density at radius 2 is 2.13 bits per heavy atom. The number of carbonyl (C=O) groups is 1. The predicted octanol–water partition coefficient (Wildman–Crippen LogP) is 3.73. The van der Waals surface area contributed by atoms with Gasteiger partial charge in [0.25, 0.3) is 5.91 Å². The van der Waals surface area contributed by atoms with Crippen LogP contribution in [0, 0.1) is 0 Å². The van der Waals surface area contributed by atoms with Gasteiger partial charge in [0, 0.05) is 63.2 Å². The number of thiophene rings is 1. The van der Waals surface area contributed by atoms with Gasteiger partial charge in [-0.05, 0) is 36.0 Å². The van der Waals surface area contributed by atoms with Crippen LogP contribution in [0.4, 0.5) is 5.82 Å². The van der Waals surface area contributed by atoms with Gasteiger partial charge < -0.3 is 15.0 Å². The molecule has 0 bridgehead atoms. The van der Waals surface area contributed by atoms with Gasteiger partial charge in [0.15, 0.2) is 0 Å². The predicted molar refractivity (Wildman–Crippen MR) is 127 cm³/mol. The molecule has 0 unspecified atom stereocenters. The van der Waals surface area contributed by atoms with E-state index in [0.29, 0.717) is 19.1 Å². The van der Waals surface area contributed by atoms with E-state index >= 15 is 0 Å². The van der Waals surface area contributed by atoms with Crippen molar-refractivity contribution in [2.45, 2.75) is 18.9 Å². The average Bonchev–Trinajstić information content (AvgIpc) is 3.38. The molecule has 1 saturated heterocycles. The van der Waals surface area contributed by atoms with Gasteiger partial charge in [0.2, 0.25) is 0 Å². The van der Waals surface area contributed by atoms with Crippen molar-refractivity contribution in [3.8, 4) is 0 Å². The fourth-order valence-corrected chi connectivity index (χ4v) is 5.60. The van der Waals surface area contributed by atoms with E-state index in [-0.39, 0.29) is 5.91 Å². The van der Waals surface area contributed by atoms with Gasteiger partial charge >= 0.3 is 0 Å². The van der Waals surface area contributed by atoms with Crippen molar-refractivity contribution in [3.05, 3.63) is 58.6 Å². The molecule has 3 aromatic rings. The van der Waals surface area contributed by atoms with E-state index in [1.54, 1.807) is 18.4 Å². The standard InChI is InChI=1S/C24H30N4O2S/c1-27(2)23-18(7-6-11-25-23)16-28-13-10-17(15-28)21-19-8-4-5-9-20(19)31-22(21)24(29)26-12-14-30-3/h4-9,11,17H,10,12-16H2,1-3H3,(H,26,29)/t17-/m1/s1. The zero-order valence-electron chi connectivity index (χ0n) is 18.4. The Balaban J connectivity index is 1.57. The molecule has 1 atom stereocenters. The lowest BCUT2D eigenvalue weighted by atomic mass is 9.95. The third-order valence-corrected chi connectivity index (χ3v) is 6.98. The number of nitrogens with one attached hydrogen (secondary N) is 1. The minimum Gasteiger partial charge on any atom is -0.383 e. The number of rotatable bonds is 8. The van der Waals surface area contributed by atoms with Crippen LogP contribution in [0.15, 0.2) is 42.6 Å². The first-order chi connectivity index (χ1) is 15.1. The van der Waals surface area contributed by atoms with Crippen molar-refractivity contribution in [1.82, 2.24) is 15.2 Å². The molecule has 1 fully saturated rings. The maximum absolute atomic E-state index is 13.0. The van der Waals surface area contributed by atoms with E-state index in [4.69, 9.17) is 4.74 Å². The van der Waals surface area contributed by atoms with Crippen LogP contribution in [0.2, 0.25) is 0 Å². The molecule has 4 rings (SSSR count). The summed E-state index contributed by atoms with van der Waals surface area (Å²) >= 11 is 1.60. The topological polar surface area (TPSA) is 57.7 Å². The normalized spacial score (nSPS) is 16.7. The highest BCUT2D eigenvalue weighted by molar-refractivity contribution is 7.21. The molecular formula is C24H30N4O2S. The zero-order valence-corrected chi connectivity index (χ0v) is 19.2. The first kappa shape index (κ1) is 21.7. The van der Waals surface area contributed by atoms with E-state index in [0.717, 1.165) is 36.8 Å². The van der Waals surface area contributed by atoms with Gasteiger partial charge in [0.05, 0.1) is 11.5 Å². The molecule has 0 spiro atoms. The number of ether oxygens (including phenoxy) is 1. The lowest BCUT2D eigenvalue weighted by molar-refractivity contribution is 0.0940. The molecule has 7 heteroatoms. The number of methoxy groups -OCH3 is 1. The summed E-state index contributed by atoms with van der Waals surface area (Å²) in [5.74, 6) is 1.37. The number of likely N-dealkylation sites (tertiary alicyclic amines) is 1. The van der Waals surface area contributed by atoms with Crippen molar-refractivity contribution < 1.29 is 9.53 Å². The molecule has 1 aliphatic heterocycles. The number of pyridine rings is 1. The quantitative estimate of drug-likeness (QED) is 0.543. The lowest BCUT2D eigenvalue weighted by Gasteiger charge is -2.21. The van der Waals surface area contributed by atoms with Crippen LogP contribution in [0.5, 0.6) is 0 Å². The van der Waals surface area contributed by atoms with Crippen LogP contribution < -0.4 is 10.2 Å².